The molecule has 1 saturated heterocycles. The topological polar surface area (TPSA) is 167 Å². The van der Waals surface area contributed by atoms with Crippen molar-refractivity contribution in [3.63, 3.8) is 0 Å². The van der Waals surface area contributed by atoms with Gasteiger partial charge in [0.1, 0.15) is 23.1 Å². The SMILES string of the molecule is COc1cc2ccnc(O[C@@H]3C[C@H]4C(=O)C[C@]5(C(=O)NS(=O)(=O)C6(CF)CC6)C[C@H]5/C=C\CC[C@H](C)C[C@@H](C)[C@H](CC(=O)OC(C)(C)C)C(=O)N4C3)c2cc1OC. The Morgan fingerprint density at radius 1 is 1.07 bits per heavy atom. The zero-order valence-electron chi connectivity index (χ0n) is 34.0. The summed E-state index contributed by atoms with van der Waals surface area (Å²) < 4.78 is 64.1. The van der Waals surface area contributed by atoms with Gasteiger partial charge in [0, 0.05) is 24.4 Å². The number of carbonyl (C=O) groups is 4. The number of sulfonamides is 1. The third kappa shape index (κ3) is 8.92. The molecule has 0 unspecified atom stereocenters. The number of alkyl halides is 1. The third-order valence-electron chi connectivity index (χ3n) is 12.1. The van der Waals surface area contributed by atoms with Crippen molar-refractivity contribution >= 4 is 44.4 Å². The van der Waals surface area contributed by atoms with E-state index in [2.05, 4.69) is 16.6 Å². The van der Waals surface area contributed by atoms with E-state index in [0.717, 1.165) is 11.8 Å². The van der Waals surface area contributed by atoms with Gasteiger partial charge in [-0.15, -0.1) is 0 Å². The molecular weight excluding hydrogens is 758 g/mol. The normalized spacial score (nSPS) is 29.6. The average Bonchev–Trinajstić information content (AvgIpc) is 4.05. The summed E-state index contributed by atoms with van der Waals surface area (Å²) >= 11 is 0. The van der Waals surface area contributed by atoms with Gasteiger partial charge in [0.15, 0.2) is 17.3 Å². The molecule has 7 atom stereocenters. The van der Waals surface area contributed by atoms with Crippen molar-refractivity contribution in [1.82, 2.24) is 14.6 Å². The molecule has 3 fully saturated rings. The third-order valence-corrected chi connectivity index (χ3v) is 14.2. The lowest BCUT2D eigenvalue weighted by molar-refractivity contribution is -0.160. The van der Waals surface area contributed by atoms with E-state index in [1.54, 1.807) is 45.2 Å². The zero-order chi connectivity index (χ0) is 41.5. The quantitative estimate of drug-likeness (QED) is 0.225. The first kappa shape index (κ1) is 42.3. The number of carbonyl (C=O) groups excluding carboxylic acids is 4. The second kappa shape index (κ2) is 16.2. The zero-order valence-corrected chi connectivity index (χ0v) is 34.8. The first-order chi connectivity index (χ1) is 26.9. The molecule has 57 heavy (non-hydrogen) atoms. The number of esters is 1. The minimum Gasteiger partial charge on any atom is -0.493 e. The number of amides is 2. The van der Waals surface area contributed by atoms with Crippen LogP contribution >= 0.6 is 0 Å². The Balaban J connectivity index is 1.36. The van der Waals surface area contributed by atoms with E-state index in [0.29, 0.717) is 29.7 Å². The number of allylic oxidation sites excluding steroid dienone is 2. The molecule has 2 aliphatic carbocycles. The van der Waals surface area contributed by atoms with Crippen LogP contribution in [0.25, 0.3) is 10.8 Å². The molecule has 1 aromatic carbocycles. The van der Waals surface area contributed by atoms with Crippen molar-refractivity contribution < 1.29 is 50.9 Å². The van der Waals surface area contributed by atoms with E-state index in [1.165, 1.54) is 19.1 Å². The van der Waals surface area contributed by atoms with Gasteiger partial charge in [-0.2, -0.15) is 0 Å². The molecule has 13 nitrogen and oxygen atoms in total. The lowest BCUT2D eigenvalue weighted by Gasteiger charge is -2.32. The minimum absolute atomic E-state index is 0.0103. The minimum atomic E-state index is -4.35. The van der Waals surface area contributed by atoms with Crippen molar-refractivity contribution in [3.8, 4) is 17.4 Å². The van der Waals surface area contributed by atoms with Crippen LogP contribution in [0.1, 0.15) is 92.4 Å². The van der Waals surface area contributed by atoms with Gasteiger partial charge in [0.05, 0.1) is 44.6 Å². The van der Waals surface area contributed by atoms with Crippen LogP contribution in [0.15, 0.2) is 36.5 Å². The predicted molar refractivity (Wildman–Crippen MR) is 210 cm³/mol. The van der Waals surface area contributed by atoms with Crippen LogP contribution in [0.4, 0.5) is 4.39 Å². The van der Waals surface area contributed by atoms with Crippen LogP contribution < -0.4 is 18.9 Å². The number of pyridine rings is 1. The number of aromatic nitrogens is 1. The summed E-state index contributed by atoms with van der Waals surface area (Å²) in [6.07, 6.45) is 6.72. The van der Waals surface area contributed by atoms with Crippen molar-refractivity contribution in [1.29, 1.82) is 0 Å². The second-order valence-corrected chi connectivity index (χ2v) is 19.7. The van der Waals surface area contributed by atoms with E-state index in [9.17, 15) is 32.0 Å². The van der Waals surface area contributed by atoms with Gasteiger partial charge in [-0.05, 0) is 101 Å². The molecule has 0 bridgehead atoms. The van der Waals surface area contributed by atoms with E-state index < -0.39 is 80.0 Å². The fourth-order valence-corrected chi connectivity index (χ4v) is 9.97. The van der Waals surface area contributed by atoms with Crippen LogP contribution in [-0.2, 0) is 33.9 Å². The van der Waals surface area contributed by atoms with E-state index in [1.807, 2.05) is 19.1 Å². The van der Waals surface area contributed by atoms with Gasteiger partial charge in [-0.1, -0.05) is 26.0 Å². The van der Waals surface area contributed by atoms with E-state index >= 15 is 0 Å². The number of ketones is 1. The highest BCUT2D eigenvalue weighted by atomic mass is 32.2. The van der Waals surface area contributed by atoms with Crippen LogP contribution in [0, 0.1) is 29.1 Å². The summed E-state index contributed by atoms with van der Waals surface area (Å²) in [5.41, 5.74) is -2.18. The van der Waals surface area contributed by atoms with Crippen LogP contribution in [0.2, 0.25) is 0 Å². The summed E-state index contributed by atoms with van der Waals surface area (Å²) in [6, 6.07) is 4.27. The maximum absolute atomic E-state index is 14.9. The fraction of sp³-hybridized carbons (Fsp3) is 0.643. The number of ether oxygens (including phenoxy) is 4. The Hall–Kier alpha value is -4.27. The molecule has 0 radical (unpaired) electrons. The molecule has 2 saturated carbocycles. The monoisotopic (exact) mass is 813 g/mol. The standard InChI is InChI=1S/C42H56FN3O10S/c1-25-10-8-9-11-28-21-42(28,39(50)45-57(51,52)41(24-43)13-14-41)22-33(47)32-18-29(55-37-31-19-35(54-7)34(53-6)17-27(31)12-15-44-37)23-46(32)38(49)30(26(2)16-25)20-36(48)56-40(3,4)5/h9,11-12,15,17,19,25-26,28-30,32H,8,10,13-14,16,18,20-24H2,1-7H3,(H,45,50)/b11-9-/t25-,26+,28+,29+,30-,32-,42+/m0/s1. The predicted octanol–water partition coefficient (Wildman–Crippen LogP) is 5.87. The van der Waals surface area contributed by atoms with Gasteiger partial charge >= 0.3 is 5.97 Å². The molecule has 4 aliphatic rings. The maximum atomic E-state index is 14.9. The van der Waals surface area contributed by atoms with Crippen LogP contribution in [0.3, 0.4) is 0 Å². The maximum Gasteiger partial charge on any atom is 0.307 e. The van der Waals surface area contributed by atoms with Crippen molar-refractivity contribution in [3.05, 3.63) is 36.5 Å². The Bertz CT molecular complexity index is 2030. The summed E-state index contributed by atoms with van der Waals surface area (Å²) in [4.78, 5) is 62.9. The molecule has 3 heterocycles. The van der Waals surface area contributed by atoms with Gasteiger partial charge in [-0.3, -0.25) is 23.9 Å². The van der Waals surface area contributed by atoms with Crippen molar-refractivity contribution in [2.24, 2.45) is 29.1 Å². The van der Waals surface area contributed by atoms with Crippen LogP contribution in [-0.4, -0.2) is 91.8 Å². The number of hydrogen-bond donors (Lipinski definition) is 1. The Kier molecular flexibility index (Phi) is 12.0. The molecule has 1 N–H and O–H groups in total. The summed E-state index contributed by atoms with van der Waals surface area (Å²) in [5.74, 6) is -2.33. The van der Waals surface area contributed by atoms with Crippen molar-refractivity contribution in [2.45, 2.75) is 115 Å². The van der Waals surface area contributed by atoms with Gasteiger partial charge in [-0.25, -0.2) is 17.8 Å². The molecule has 2 amide bonds. The number of fused-ring (bicyclic) bond motifs is 3. The lowest BCUT2D eigenvalue weighted by Crippen LogP contribution is -2.48. The smallest absolute Gasteiger partial charge is 0.307 e. The van der Waals surface area contributed by atoms with Crippen molar-refractivity contribution in [2.75, 3.05) is 27.4 Å². The number of rotatable bonds is 10. The Morgan fingerprint density at radius 2 is 1.77 bits per heavy atom. The molecule has 0 spiro atoms. The van der Waals surface area contributed by atoms with E-state index in [-0.39, 0.29) is 62.8 Å². The number of hydrogen-bond acceptors (Lipinski definition) is 11. The van der Waals surface area contributed by atoms with Gasteiger partial charge in [0.2, 0.25) is 27.7 Å². The fourth-order valence-electron chi connectivity index (χ4n) is 8.53. The first-order valence-electron chi connectivity index (χ1n) is 19.9. The molecule has 312 valence electrons. The highest BCUT2D eigenvalue weighted by Gasteiger charge is 2.63. The number of methoxy groups -OCH3 is 2. The van der Waals surface area contributed by atoms with Crippen LogP contribution in [0.5, 0.6) is 17.4 Å². The Labute approximate surface area is 334 Å². The second-order valence-electron chi connectivity index (χ2n) is 17.6. The number of benzene rings is 1. The molecular formula is C42H56FN3O10S. The average molecular weight is 814 g/mol. The number of Topliss-reactive ketones (excluding diaryl/α,β-unsaturated/α-hetero) is 1. The van der Waals surface area contributed by atoms with Gasteiger partial charge in [0.25, 0.3) is 0 Å². The number of nitrogens with zero attached hydrogens (tertiary/aromatic N) is 2. The summed E-state index contributed by atoms with van der Waals surface area (Å²) in [6.45, 7) is 8.19. The number of nitrogens with one attached hydrogen (secondary N) is 1. The lowest BCUT2D eigenvalue weighted by atomic mass is 9.82. The summed E-state index contributed by atoms with van der Waals surface area (Å²) in [7, 11) is -1.29. The van der Waals surface area contributed by atoms with Gasteiger partial charge < -0.3 is 23.8 Å². The summed E-state index contributed by atoms with van der Waals surface area (Å²) in [5, 5.41) is 1.38. The number of halogens is 1. The first-order valence-corrected chi connectivity index (χ1v) is 21.4. The molecule has 1 aromatic heterocycles. The van der Waals surface area contributed by atoms with E-state index in [4.69, 9.17) is 18.9 Å². The Morgan fingerprint density at radius 3 is 2.42 bits per heavy atom. The molecule has 6 rings (SSSR count). The highest BCUT2D eigenvalue weighted by Crippen LogP contribution is 2.58. The highest BCUT2D eigenvalue weighted by molar-refractivity contribution is 7.91. The molecule has 2 aromatic rings. The molecule has 15 heteroatoms. The largest absolute Gasteiger partial charge is 0.493 e. The molecule has 2 aliphatic heterocycles.